The molecule has 1 N–H and O–H groups in total. The predicted molar refractivity (Wildman–Crippen MR) is 100 cm³/mol. The van der Waals surface area contributed by atoms with Crippen molar-refractivity contribution in [1.29, 1.82) is 0 Å². The molecule has 1 fully saturated rings. The van der Waals surface area contributed by atoms with Crippen molar-refractivity contribution >= 4 is 11.8 Å². The first-order valence-electron chi connectivity index (χ1n) is 9.12. The van der Waals surface area contributed by atoms with E-state index < -0.39 is 0 Å². The van der Waals surface area contributed by atoms with Crippen molar-refractivity contribution in [2.24, 2.45) is 0 Å². The van der Waals surface area contributed by atoms with Gasteiger partial charge in [0.15, 0.2) is 0 Å². The van der Waals surface area contributed by atoms with Gasteiger partial charge in [0, 0.05) is 69.3 Å². The molecule has 0 saturated carbocycles. The molecule has 3 heterocycles. The van der Waals surface area contributed by atoms with Gasteiger partial charge in [-0.2, -0.15) is 0 Å². The van der Waals surface area contributed by atoms with Crippen LogP contribution in [0, 0.1) is 6.92 Å². The molecule has 140 valence electrons. The molecular weight excluding hydrogens is 330 g/mol. The van der Waals surface area contributed by atoms with Gasteiger partial charge in [0.05, 0.1) is 6.33 Å². The zero-order valence-electron chi connectivity index (χ0n) is 15.7. The summed E-state index contributed by atoms with van der Waals surface area (Å²) < 4.78 is 1.95. The molecule has 0 unspecified atom stereocenters. The van der Waals surface area contributed by atoms with E-state index in [1.165, 1.54) is 0 Å². The van der Waals surface area contributed by atoms with Crippen LogP contribution in [-0.4, -0.2) is 63.2 Å². The first kappa shape index (κ1) is 18.2. The van der Waals surface area contributed by atoms with E-state index in [0.717, 1.165) is 37.0 Å². The van der Waals surface area contributed by atoms with Crippen LogP contribution in [0.25, 0.3) is 0 Å². The van der Waals surface area contributed by atoms with Crippen LogP contribution in [0.15, 0.2) is 24.8 Å². The van der Waals surface area contributed by atoms with Crippen LogP contribution >= 0.6 is 0 Å². The molecule has 3 rings (SSSR count). The molecule has 26 heavy (non-hydrogen) atoms. The molecule has 0 radical (unpaired) electrons. The Bertz CT molecular complexity index is 721. The van der Waals surface area contributed by atoms with Crippen molar-refractivity contribution in [2.45, 2.75) is 33.2 Å². The summed E-state index contributed by atoms with van der Waals surface area (Å²) in [7, 11) is 0. The zero-order valence-corrected chi connectivity index (χ0v) is 15.7. The number of nitrogens with zero attached hydrogens (tertiary/aromatic N) is 6. The maximum atomic E-state index is 12.3. The molecule has 0 aromatic carbocycles. The van der Waals surface area contributed by atoms with E-state index >= 15 is 0 Å². The van der Waals surface area contributed by atoms with Crippen molar-refractivity contribution in [1.82, 2.24) is 29.7 Å². The van der Waals surface area contributed by atoms with Crippen LogP contribution in [0.2, 0.25) is 0 Å². The average Bonchev–Trinajstić information content (AvgIpc) is 3.14. The number of hydrogen-bond donors (Lipinski definition) is 1. The van der Waals surface area contributed by atoms with Crippen LogP contribution < -0.4 is 10.2 Å². The zero-order chi connectivity index (χ0) is 18.5. The third-order valence-corrected chi connectivity index (χ3v) is 4.47. The number of urea groups is 1. The second-order valence-corrected chi connectivity index (χ2v) is 6.89. The van der Waals surface area contributed by atoms with Gasteiger partial charge in [-0.25, -0.2) is 19.7 Å². The van der Waals surface area contributed by atoms with Gasteiger partial charge in [-0.1, -0.05) is 13.8 Å². The molecule has 0 aliphatic carbocycles. The molecule has 2 aromatic heterocycles. The first-order valence-corrected chi connectivity index (χ1v) is 9.12. The van der Waals surface area contributed by atoms with Gasteiger partial charge in [0.25, 0.3) is 0 Å². The lowest BCUT2D eigenvalue weighted by atomic mass is 10.2. The minimum Gasteiger partial charge on any atom is -0.353 e. The Morgan fingerprint density at radius 3 is 2.65 bits per heavy atom. The highest BCUT2D eigenvalue weighted by molar-refractivity contribution is 5.74. The summed E-state index contributed by atoms with van der Waals surface area (Å²) >= 11 is 0. The summed E-state index contributed by atoms with van der Waals surface area (Å²) in [4.78, 5) is 29.6. The maximum Gasteiger partial charge on any atom is 0.317 e. The molecular formula is C18H27N7O. The number of piperazine rings is 1. The van der Waals surface area contributed by atoms with Crippen molar-refractivity contribution < 1.29 is 4.79 Å². The molecule has 8 nitrogen and oxygen atoms in total. The van der Waals surface area contributed by atoms with Gasteiger partial charge in [-0.05, 0) is 6.92 Å². The summed E-state index contributed by atoms with van der Waals surface area (Å²) in [6, 6.07) is 2.01. The molecule has 8 heteroatoms. The fourth-order valence-electron chi connectivity index (χ4n) is 2.96. The van der Waals surface area contributed by atoms with Crippen molar-refractivity contribution in [2.75, 3.05) is 37.6 Å². The Kier molecular flexibility index (Phi) is 5.70. The summed E-state index contributed by atoms with van der Waals surface area (Å²) in [6.07, 6.45) is 5.38. The third-order valence-electron chi connectivity index (χ3n) is 4.47. The third kappa shape index (κ3) is 4.50. The lowest BCUT2D eigenvalue weighted by Crippen LogP contribution is -2.52. The number of imidazole rings is 1. The number of anilines is 1. The van der Waals surface area contributed by atoms with E-state index in [1.54, 1.807) is 12.5 Å². The molecule has 0 bridgehead atoms. The van der Waals surface area contributed by atoms with Crippen molar-refractivity contribution in [3.8, 4) is 0 Å². The average molecular weight is 357 g/mol. The number of amides is 2. The van der Waals surface area contributed by atoms with Crippen LogP contribution in [-0.2, 0) is 6.54 Å². The highest BCUT2D eigenvalue weighted by Gasteiger charge is 2.22. The smallest absolute Gasteiger partial charge is 0.317 e. The number of aromatic nitrogens is 4. The normalized spacial score (nSPS) is 14.8. The summed E-state index contributed by atoms with van der Waals surface area (Å²) in [5, 5.41) is 2.97. The van der Waals surface area contributed by atoms with E-state index in [0.29, 0.717) is 25.6 Å². The Labute approximate surface area is 154 Å². The van der Waals surface area contributed by atoms with Gasteiger partial charge < -0.3 is 19.7 Å². The van der Waals surface area contributed by atoms with E-state index in [4.69, 9.17) is 4.98 Å². The van der Waals surface area contributed by atoms with Crippen LogP contribution in [0.3, 0.4) is 0 Å². The minimum absolute atomic E-state index is 0.00787. The molecule has 1 saturated heterocycles. The second kappa shape index (κ2) is 8.16. The van der Waals surface area contributed by atoms with E-state index in [2.05, 4.69) is 34.0 Å². The molecule has 1 aliphatic heterocycles. The summed E-state index contributed by atoms with van der Waals surface area (Å²) in [6.45, 7) is 10.5. The fourth-order valence-corrected chi connectivity index (χ4v) is 2.96. The number of rotatable bonds is 5. The van der Waals surface area contributed by atoms with Gasteiger partial charge in [-0.15, -0.1) is 0 Å². The molecule has 0 spiro atoms. The minimum atomic E-state index is -0.00787. The van der Waals surface area contributed by atoms with Crippen molar-refractivity contribution in [3.05, 3.63) is 36.3 Å². The SMILES string of the molecule is Cc1cc(N2CCN(C(=O)NCCn3ccnc3)CC2)nc(C(C)C)n1. The topological polar surface area (TPSA) is 79.2 Å². The Morgan fingerprint density at radius 2 is 2.00 bits per heavy atom. The van der Waals surface area contributed by atoms with E-state index in [1.807, 2.05) is 28.7 Å². The highest BCUT2D eigenvalue weighted by atomic mass is 16.2. The Hall–Kier alpha value is -2.64. The molecule has 2 aromatic rings. The molecule has 0 atom stereocenters. The number of aryl methyl sites for hydroxylation is 1. The largest absolute Gasteiger partial charge is 0.353 e. The molecule has 2 amide bonds. The second-order valence-electron chi connectivity index (χ2n) is 6.89. The van der Waals surface area contributed by atoms with Gasteiger partial charge in [0.1, 0.15) is 11.6 Å². The number of hydrogen-bond acceptors (Lipinski definition) is 5. The molecule has 1 aliphatic rings. The first-order chi connectivity index (χ1) is 12.5. The van der Waals surface area contributed by atoms with Crippen molar-refractivity contribution in [3.63, 3.8) is 0 Å². The van der Waals surface area contributed by atoms with Crippen LogP contribution in [0.5, 0.6) is 0 Å². The van der Waals surface area contributed by atoms with Gasteiger partial charge >= 0.3 is 6.03 Å². The Balaban J connectivity index is 1.50. The monoisotopic (exact) mass is 357 g/mol. The fraction of sp³-hybridized carbons (Fsp3) is 0.556. The Morgan fingerprint density at radius 1 is 1.23 bits per heavy atom. The summed E-state index contributed by atoms with van der Waals surface area (Å²) in [5.41, 5.74) is 0.985. The van der Waals surface area contributed by atoms with E-state index in [9.17, 15) is 4.79 Å². The lowest BCUT2D eigenvalue weighted by molar-refractivity contribution is 0.194. The van der Waals surface area contributed by atoms with Crippen LogP contribution in [0.4, 0.5) is 10.6 Å². The number of carbonyl (C=O) groups is 1. The van der Waals surface area contributed by atoms with Gasteiger partial charge in [-0.3, -0.25) is 0 Å². The van der Waals surface area contributed by atoms with Crippen LogP contribution in [0.1, 0.15) is 31.3 Å². The maximum absolute atomic E-state index is 12.3. The van der Waals surface area contributed by atoms with Gasteiger partial charge in [0.2, 0.25) is 0 Å². The van der Waals surface area contributed by atoms with E-state index in [-0.39, 0.29) is 6.03 Å². The highest BCUT2D eigenvalue weighted by Crippen LogP contribution is 2.18. The standard InChI is InChI=1S/C18H27N7O/c1-14(2)17-21-15(3)12-16(22-17)24-8-10-25(11-9-24)18(26)20-5-7-23-6-4-19-13-23/h4,6,12-14H,5,7-11H2,1-3H3,(H,20,26). The lowest BCUT2D eigenvalue weighted by Gasteiger charge is -2.35. The summed E-state index contributed by atoms with van der Waals surface area (Å²) in [5.74, 6) is 2.14. The number of carbonyl (C=O) groups excluding carboxylic acids is 1. The number of nitrogens with one attached hydrogen (secondary N) is 1. The predicted octanol–water partition coefficient (Wildman–Crippen LogP) is 1.64. The quantitative estimate of drug-likeness (QED) is 0.880.